The van der Waals surface area contributed by atoms with Gasteiger partial charge in [-0.25, -0.2) is 0 Å². The average Bonchev–Trinajstić information content (AvgIpc) is 3.11. The summed E-state index contributed by atoms with van der Waals surface area (Å²) in [5.74, 6) is 1.31. The molecule has 0 spiro atoms. The first-order chi connectivity index (χ1) is 10.2. The van der Waals surface area contributed by atoms with Crippen LogP contribution in [0.15, 0.2) is 29.0 Å². The van der Waals surface area contributed by atoms with Crippen molar-refractivity contribution >= 4 is 5.91 Å². The third-order valence-corrected chi connectivity index (χ3v) is 3.41. The minimum Gasteiger partial charge on any atom is -0.496 e. The standard InChI is InChI=1S/C15H16N2O4/c1-9-5-10-6-13(19-2)11(7-14(10)21-9)8-16-15(18)12-3-4-20-17-12/h3-4,6-7,9H,5,8H2,1-2H3,(H,16,18)/t9-/m1/s1. The Kier molecular flexibility index (Phi) is 3.51. The van der Waals surface area contributed by atoms with E-state index in [-0.39, 0.29) is 17.7 Å². The molecule has 0 aliphatic carbocycles. The second kappa shape index (κ2) is 5.47. The normalized spacial score (nSPS) is 16.2. The summed E-state index contributed by atoms with van der Waals surface area (Å²) < 4.78 is 15.8. The van der Waals surface area contributed by atoms with Gasteiger partial charge in [0.1, 0.15) is 23.9 Å². The summed E-state index contributed by atoms with van der Waals surface area (Å²) >= 11 is 0. The summed E-state index contributed by atoms with van der Waals surface area (Å²) in [6.07, 6.45) is 2.40. The lowest BCUT2D eigenvalue weighted by atomic mass is 10.1. The number of ether oxygens (including phenoxy) is 2. The van der Waals surface area contributed by atoms with Crippen molar-refractivity contribution in [3.8, 4) is 11.5 Å². The van der Waals surface area contributed by atoms with Gasteiger partial charge in [-0.05, 0) is 19.1 Å². The number of carbonyl (C=O) groups excluding carboxylic acids is 1. The molecule has 1 aliphatic rings. The fourth-order valence-electron chi connectivity index (χ4n) is 2.41. The van der Waals surface area contributed by atoms with Gasteiger partial charge in [0.2, 0.25) is 0 Å². The molecule has 110 valence electrons. The molecule has 1 aliphatic heterocycles. The van der Waals surface area contributed by atoms with Gasteiger partial charge in [-0.15, -0.1) is 0 Å². The van der Waals surface area contributed by atoms with Gasteiger partial charge in [0.15, 0.2) is 5.69 Å². The number of fused-ring (bicyclic) bond motifs is 1. The Hall–Kier alpha value is -2.50. The Morgan fingerprint density at radius 3 is 3.10 bits per heavy atom. The van der Waals surface area contributed by atoms with E-state index in [4.69, 9.17) is 9.47 Å². The first kappa shape index (κ1) is 13.5. The molecule has 1 amide bonds. The molecule has 0 saturated heterocycles. The van der Waals surface area contributed by atoms with E-state index in [1.807, 2.05) is 19.1 Å². The van der Waals surface area contributed by atoms with Crippen LogP contribution in [0.2, 0.25) is 0 Å². The molecule has 1 atom stereocenters. The van der Waals surface area contributed by atoms with E-state index in [1.54, 1.807) is 7.11 Å². The van der Waals surface area contributed by atoms with Crippen LogP contribution in [-0.2, 0) is 13.0 Å². The van der Waals surface area contributed by atoms with Gasteiger partial charge < -0.3 is 19.3 Å². The number of nitrogens with one attached hydrogen (secondary N) is 1. The predicted octanol–water partition coefficient (Wildman–Crippen LogP) is 1.94. The summed E-state index contributed by atoms with van der Waals surface area (Å²) in [5, 5.41) is 6.38. The molecule has 2 aromatic rings. The van der Waals surface area contributed by atoms with Gasteiger partial charge in [-0.3, -0.25) is 4.79 Å². The molecule has 1 aromatic carbocycles. The highest BCUT2D eigenvalue weighted by Gasteiger charge is 2.22. The molecule has 0 saturated carbocycles. The van der Waals surface area contributed by atoms with Crippen LogP contribution in [0.3, 0.4) is 0 Å². The smallest absolute Gasteiger partial charge is 0.273 e. The Bertz CT molecular complexity index is 652. The van der Waals surface area contributed by atoms with Gasteiger partial charge in [0.05, 0.1) is 7.11 Å². The van der Waals surface area contributed by atoms with Crippen LogP contribution in [0.5, 0.6) is 11.5 Å². The number of hydrogen-bond donors (Lipinski definition) is 1. The maximum absolute atomic E-state index is 11.9. The topological polar surface area (TPSA) is 73.6 Å². The Morgan fingerprint density at radius 1 is 1.52 bits per heavy atom. The third kappa shape index (κ3) is 2.69. The largest absolute Gasteiger partial charge is 0.496 e. The van der Waals surface area contributed by atoms with E-state index < -0.39 is 0 Å². The third-order valence-electron chi connectivity index (χ3n) is 3.41. The first-order valence-electron chi connectivity index (χ1n) is 6.72. The van der Waals surface area contributed by atoms with E-state index >= 15 is 0 Å². The minimum atomic E-state index is -0.291. The molecule has 3 rings (SSSR count). The number of methoxy groups -OCH3 is 1. The average molecular weight is 288 g/mol. The zero-order valence-electron chi connectivity index (χ0n) is 11.9. The Balaban J connectivity index is 1.76. The molecule has 1 N–H and O–H groups in total. The van der Waals surface area contributed by atoms with Crippen LogP contribution >= 0.6 is 0 Å². The number of aromatic nitrogens is 1. The maximum atomic E-state index is 11.9. The lowest BCUT2D eigenvalue weighted by Gasteiger charge is -2.11. The molecule has 2 heterocycles. The number of hydrogen-bond acceptors (Lipinski definition) is 5. The predicted molar refractivity (Wildman–Crippen MR) is 74.5 cm³/mol. The fraction of sp³-hybridized carbons (Fsp3) is 0.333. The van der Waals surface area contributed by atoms with Crippen molar-refractivity contribution in [3.05, 3.63) is 41.3 Å². The quantitative estimate of drug-likeness (QED) is 0.930. The zero-order chi connectivity index (χ0) is 14.8. The molecule has 0 radical (unpaired) electrons. The maximum Gasteiger partial charge on any atom is 0.273 e. The summed E-state index contributed by atoms with van der Waals surface area (Å²) in [5.41, 5.74) is 2.24. The van der Waals surface area contributed by atoms with Crippen molar-refractivity contribution in [1.82, 2.24) is 10.5 Å². The van der Waals surface area contributed by atoms with Crippen molar-refractivity contribution in [3.63, 3.8) is 0 Å². The van der Waals surface area contributed by atoms with Crippen LogP contribution in [0.25, 0.3) is 0 Å². The lowest BCUT2D eigenvalue weighted by molar-refractivity contribution is 0.0941. The lowest BCUT2D eigenvalue weighted by Crippen LogP contribution is -2.23. The second-order valence-electron chi connectivity index (χ2n) is 4.97. The van der Waals surface area contributed by atoms with E-state index in [1.165, 1.54) is 12.3 Å². The van der Waals surface area contributed by atoms with E-state index in [0.29, 0.717) is 6.54 Å². The van der Waals surface area contributed by atoms with Gasteiger partial charge in [-0.2, -0.15) is 0 Å². The van der Waals surface area contributed by atoms with E-state index in [0.717, 1.165) is 29.0 Å². The molecule has 21 heavy (non-hydrogen) atoms. The van der Waals surface area contributed by atoms with Crippen LogP contribution in [0.1, 0.15) is 28.5 Å². The van der Waals surface area contributed by atoms with Gasteiger partial charge in [0, 0.05) is 30.2 Å². The SMILES string of the molecule is COc1cc2c(cc1CNC(=O)c1ccon1)O[C@H](C)C2. The number of carbonyl (C=O) groups is 1. The zero-order valence-corrected chi connectivity index (χ0v) is 11.9. The minimum absolute atomic E-state index is 0.171. The molecule has 0 bridgehead atoms. The number of amides is 1. The second-order valence-corrected chi connectivity index (χ2v) is 4.97. The van der Waals surface area contributed by atoms with Crippen LogP contribution in [0.4, 0.5) is 0 Å². The Morgan fingerprint density at radius 2 is 2.38 bits per heavy atom. The van der Waals surface area contributed by atoms with Crippen LogP contribution in [0, 0.1) is 0 Å². The summed E-state index contributed by atoms with van der Waals surface area (Å²) in [4.78, 5) is 11.9. The summed E-state index contributed by atoms with van der Waals surface area (Å²) in [7, 11) is 1.61. The van der Waals surface area contributed by atoms with Crippen molar-refractivity contribution in [1.29, 1.82) is 0 Å². The van der Waals surface area contributed by atoms with Crippen molar-refractivity contribution in [2.45, 2.75) is 26.0 Å². The molecule has 0 unspecified atom stereocenters. The first-order valence-corrected chi connectivity index (χ1v) is 6.72. The van der Waals surface area contributed by atoms with Crippen molar-refractivity contribution in [2.75, 3.05) is 7.11 Å². The van der Waals surface area contributed by atoms with Crippen molar-refractivity contribution < 1.29 is 18.8 Å². The van der Waals surface area contributed by atoms with Gasteiger partial charge in [0.25, 0.3) is 5.91 Å². The molecular formula is C15H16N2O4. The molecule has 6 heteroatoms. The van der Waals surface area contributed by atoms with Crippen LogP contribution in [-0.4, -0.2) is 24.3 Å². The molecule has 0 fully saturated rings. The van der Waals surface area contributed by atoms with E-state index in [9.17, 15) is 4.79 Å². The van der Waals surface area contributed by atoms with Gasteiger partial charge >= 0.3 is 0 Å². The molecule has 6 nitrogen and oxygen atoms in total. The highest BCUT2D eigenvalue weighted by atomic mass is 16.5. The van der Waals surface area contributed by atoms with Crippen LogP contribution < -0.4 is 14.8 Å². The fourth-order valence-corrected chi connectivity index (χ4v) is 2.41. The highest BCUT2D eigenvalue weighted by molar-refractivity contribution is 5.91. The van der Waals surface area contributed by atoms with Gasteiger partial charge in [-0.1, -0.05) is 5.16 Å². The molecule has 1 aromatic heterocycles. The number of rotatable bonds is 4. The number of benzene rings is 1. The highest BCUT2D eigenvalue weighted by Crippen LogP contribution is 2.34. The number of nitrogens with zero attached hydrogens (tertiary/aromatic N) is 1. The Labute approximate surface area is 122 Å². The summed E-state index contributed by atoms with van der Waals surface area (Å²) in [6.45, 7) is 2.36. The monoisotopic (exact) mass is 288 g/mol. The van der Waals surface area contributed by atoms with Crippen molar-refractivity contribution in [2.24, 2.45) is 0 Å². The van der Waals surface area contributed by atoms with E-state index in [2.05, 4.69) is 15.0 Å². The summed E-state index contributed by atoms with van der Waals surface area (Å²) in [6, 6.07) is 5.40. The molecular weight excluding hydrogens is 272 g/mol.